The van der Waals surface area contributed by atoms with Gasteiger partial charge in [-0.25, -0.2) is 8.42 Å². The van der Waals surface area contributed by atoms with Crippen LogP contribution in [0.25, 0.3) is 11.5 Å². The van der Waals surface area contributed by atoms with E-state index in [0.717, 1.165) is 5.56 Å². The third-order valence-corrected chi connectivity index (χ3v) is 6.03. The molecule has 0 spiro atoms. The van der Waals surface area contributed by atoms with E-state index in [0.29, 0.717) is 10.6 Å². The fourth-order valence-electron chi connectivity index (χ4n) is 2.45. The average Bonchev–Trinajstić information content (AvgIpc) is 3.11. The van der Waals surface area contributed by atoms with Crippen LogP contribution in [0, 0.1) is 6.92 Å². The Bertz CT molecular complexity index is 1060. The Morgan fingerprint density at radius 1 is 1.07 bits per heavy atom. The van der Waals surface area contributed by atoms with Crippen LogP contribution in [-0.2, 0) is 14.6 Å². The van der Waals surface area contributed by atoms with Crippen LogP contribution in [0.1, 0.15) is 18.4 Å². The van der Waals surface area contributed by atoms with Crippen molar-refractivity contribution in [3.05, 3.63) is 59.1 Å². The van der Waals surface area contributed by atoms with Gasteiger partial charge in [0, 0.05) is 17.0 Å². The Balaban J connectivity index is 1.52. The minimum absolute atomic E-state index is 0.0176. The monoisotopic (exact) mass is 419 g/mol. The van der Waals surface area contributed by atoms with E-state index in [1.165, 1.54) is 0 Å². The second kappa shape index (κ2) is 8.53. The van der Waals surface area contributed by atoms with Crippen LogP contribution < -0.4 is 5.32 Å². The summed E-state index contributed by atoms with van der Waals surface area (Å²) in [7, 11) is -3.42. The summed E-state index contributed by atoms with van der Waals surface area (Å²) in [5.74, 6) is -0.275. The van der Waals surface area contributed by atoms with Crippen LogP contribution in [0.5, 0.6) is 0 Å². The smallest absolute Gasteiger partial charge is 0.322 e. The first kappa shape index (κ1) is 20.0. The molecule has 2 aromatic carbocycles. The molecule has 1 heterocycles. The molecule has 1 N–H and O–H groups in total. The SMILES string of the molecule is Cc1ccc(S(=O)(=O)CCCC(=O)Nc2nnc(-c3ccc(Cl)cc3)o2)cc1. The molecule has 146 valence electrons. The van der Waals surface area contributed by atoms with Crippen LogP contribution in [0.4, 0.5) is 6.01 Å². The third kappa shape index (κ3) is 5.17. The first-order valence-corrected chi connectivity index (χ1v) is 10.6. The maximum atomic E-state index is 12.3. The zero-order valence-electron chi connectivity index (χ0n) is 15.1. The van der Waals surface area contributed by atoms with Gasteiger partial charge in [0.2, 0.25) is 11.8 Å². The third-order valence-electron chi connectivity index (χ3n) is 3.96. The number of benzene rings is 2. The van der Waals surface area contributed by atoms with Gasteiger partial charge in [-0.2, -0.15) is 0 Å². The van der Waals surface area contributed by atoms with E-state index in [2.05, 4.69) is 15.5 Å². The van der Waals surface area contributed by atoms with Gasteiger partial charge in [-0.05, 0) is 49.7 Å². The molecule has 3 aromatic rings. The molecule has 0 aliphatic rings. The lowest BCUT2D eigenvalue weighted by Crippen LogP contribution is -2.14. The van der Waals surface area contributed by atoms with Crippen molar-refractivity contribution in [2.45, 2.75) is 24.7 Å². The molecule has 0 aliphatic heterocycles. The van der Waals surface area contributed by atoms with Crippen molar-refractivity contribution < 1.29 is 17.6 Å². The number of anilines is 1. The molecule has 0 aliphatic carbocycles. The molecule has 7 nitrogen and oxygen atoms in total. The number of aryl methyl sites for hydroxylation is 1. The normalized spacial score (nSPS) is 11.4. The summed E-state index contributed by atoms with van der Waals surface area (Å²) in [5.41, 5.74) is 1.65. The Kier molecular flexibility index (Phi) is 6.11. The van der Waals surface area contributed by atoms with Crippen LogP contribution >= 0.6 is 11.6 Å². The number of carbonyl (C=O) groups is 1. The van der Waals surface area contributed by atoms with Gasteiger partial charge in [0.25, 0.3) is 0 Å². The van der Waals surface area contributed by atoms with Crippen molar-refractivity contribution in [2.75, 3.05) is 11.1 Å². The van der Waals surface area contributed by atoms with Crippen LogP contribution in [0.15, 0.2) is 57.8 Å². The molecule has 1 aromatic heterocycles. The Morgan fingerprint density at radius 2 is 1.75 bits per heavy atom. The van der Waals surface area contributed by atoms with Crippen LogP contribution in [-0.4, -0.2) is 30.3 Å². The number of nitrogens with one attached hydrogen (secondary N) is 1. The average molecular weight is 420 g/mol. The molecule has 0 saturated carbocycles. The van der Waals surface area contributed by atoms with Crippen molar-refractivity contribution in [1.29, 1.82) is 0 Å². The van der Waals surface area contributed by atoms with E-state index >= 15 is 0 Å². The van der Waals surface area contributed by atoms with E-state index in [1.54, 1.807) is 48.5 Å². The van der Waals surface area contributed by atoms with E-state index in [9.17, 15) is 13.2 Å². The molecular formula is C19H18ClN3O4S. The molecule has 9 heteroatoms. The molecule has 0 saturated heterocycles. The Morgan fingerprint density at radius 3 is 2.43 bits per heavy atom. The van der Waals surface area contributed by atoms with Crippen LogP contribution in [0.2, 0.25) is 5.02 Å². The lowest BCUT2D eigenvalue weighted by atomic mass is 10.2. The number of halogens is 1. The second-order valence-electron chi connectivity index (χ2n) is 6.20. The predicted molar refractivity (Wildman–Crippen MR) is 106 cm³/mol. The highest BCUT2D eigenvalue weighted by Crippen LogP contribution is 2.22. The quantitative estimate of drug-likeness (QED) is 0.623. The molecule has 0 radical (unpaired) electrons. The van der Waals surface area contributed by atoms with Gasteiger partial charge in [-0.15, -0.1) is 5.10 Å². The summed E-state index contributed by atoms with van der Waals surface area (Å²) in [6.07, 6.45) is 0.198. The van der Waals surface area contributed by atoms with E-state index in [1.807, 2.05) is 6.92 Å². The van der Waals surface area contributed by atoms with Gasteiger partial charge in [0.15, 0.2) is 9.84 Å². The standard InChI is InChI=1S/C19H18ClN3O4S/c1-13-4-10-16(11-5-13)28(25,26)12-2-3-17(24)21-19-23-22-18(27-19)14-6-8-15(20)9-7-14/h4-11H,2-3,12H2,1H3,(H,21,23,24). The first-order valence-electron chi connectivity index (χ1n) is 8.52. The number of amides is 1. The van der Waals surface area contributed by atoms with E-state index < -0.39 is 15.7 Å². The zero-order valence-corrected chi connectivity index (χ0v) is 16.6. The topological polar surface area (TPSA) is 102 Å². The molecular weight excluding hydrogens is 402 g/mol. The fourth-order valence-corrected chi connectivity index (χ4v) is 3.89. The Hall–Kier alpha value is -2.71. The molecule has 28 heavy (non-hydrogen) atoms. The van der Waals surface area contributed by atoms with Gasteiger partial charge in [0.05, 0.1) is 10.6 Å². The largest absolute Gasteiger partial charge is 0.403 e. The predicted octanol–water partition coefficient (Wildman–Crippen LogP) is 3.89. The molecule has 0 fully saturated rings. The second-order valence-corrected chi connectivity index (χ2v) is 8.75. The van der Waals surface area contributed by atoms with Crippen molar-refractivity contribution >= 4 is 33.4 Å². The highest BCUT2D eigenvalue weighted by atomic mass is 35.5. The van der Waals surface area contributed by atoms with Crippen molar-refractivity contribution in [3.8, 4) is 11.5 Å². The van der Waals surface area contributed by atoms with Gasteiger partial charge >= 0.3 is 6.01 Å². The fraction of sp³-hybridized carbons (Fsp3) is 0.211. The lowest BCUT2D eigenvalue weighted by Gasteiger charge is -2.05. The lowest BCUT2D eigenvalue weighted by molar-refractivity contribution is -0.116. The number of sulfone groups is 1. The molecule has 0 bridgehead atoms. The van der Waals surface area contributed by atoms with E-state index in [4.69, 9.17) is 16.0 Å². The number of rotatable bonds is 7. The summed E-state index contributed by atoms with van der Waals surface area (Å²) < 4.78 is 30.0. The maximum Gasteiger partial charge on any atom is 0.322 e. The van der Waals surface area contributed by atoms with Crippen molar-refractivity contribution in [1.82, 2.24) is 10.2 Å². The van der Waals surface area contributed by atoms with Gasteiger partial charge < -0.3 is 4.42 Å². The number of aromatic nitrogens is 2. The molecule has 3 rings (SSSR count). The van der Waals surface area contributed by atoms with Gasteiger partial charge in [0.1, 0.15) is 0 Å². The summed E-state index contributed by atoms with van der Waals surface area (Å²) in [6, 6.07) is 13.4. The zero-order chi connectivity index (χ0) is 20.1. The molecule has 0 atom stereocenters. The van der Waals surface area contributed by atoms with Crippen molar-refractivity contribution in [2.24, 2.45) is 0 Å². The van der Waals surface area contributed by atoms with E-state index in [-0.39, 0.29) is 35.4 Å². The minimum atomic E-state index is -3.42. The molecule has 1 amide bonds. The molecule has 0 unspecified atom stereocenters. The number of hydrogen-bond acceptors (Lipinski definition) is 6. The van der Waals surface area contributed by atoms with Gasteiger partial charge in [-0.3, -0.25) is 10.1 Å². The van der Waals surface area contributed by atoms with Crippen LogP contribution in [0.3, 0.4) is 0 Å². The summed E-state index contributed by atoms with van der Waals surface area (Å²) >= 11 is 5.83. The summed E-state index contributed by atoms with van der Waals surface area (Å²) in [4.78, 5) is 12.3. The highest BCUT2D eigenvalue weighted by molar-refractivity contribution is 7.91. The highest BCUT2D eigenvalue weighted by Gasteiger charge is 2.16. The minimum Gasteiger partial charge on any atom is -0.403 e. The first-order chi connectivity index (χ1) is 13.3. The van der Waals surface area contributed by atoms with Gasteiger partial charge in [-0.1, -0.05) is 34.4 Å². The summed E-state index contributed by atoms with van der Waals surface area (Å²) in [5, 5.41) is 10.7. The van der Waals surface area contributed by atoms with Crippen molar-refractivity contribution in [3.63, 3.8) is 0 Å². The maximum absolute atomic E-state index is 12.3. The summed E-state index contributed by atoms with van der Waals surface area (Å²) in [6.45, 7) is 1.89. The Labute approximate surface area is 167 Å². The number of carbonyl (C=O) groups excluding carboxylic acids is 1. The number of nitrogens with zero attached hydrogens (tertiary/aromatic N) is 2. The number of hydrogen-bond donors (Lipinski definition) is 1.